The molecule has 2 aromatic rings. The van der Waals surface area contributed by atoms with Crippen LogP contribution < -0.4 is 10.1 Å². The van der Waals surface area contributed by atoms with Crippen LogP contribution in [0.15, 0.2) is 42.5 Å². The van der Waals surface area contributed by atoms with Gasteiger partial charge >= 0.3 is 6.18 Å². The highest BCUT2D eigenvalue weighted by molar-refractivity contribution is 5.92. The normalized spacial score (nSPS) is 23.8. The second kappa shape index (κ2) is 15.2. The van der Waals surface area contributed by atoms with Gasteiger partial charge < -0.3 is 24.6 Å². The molecular formula is C35H46F3N5O5. The molecule has 48 heavy (non-hydrogen) atoms. The molecule has 2 saturated heterocycles. The van der Waals surface area contributed by atoms with Crippen molar-refractivity contribution in [3.05, 3.63) is 59.3 Å². The summed E-state index contributed by atoms with van der Waals surface area (Å²) in [5.74, 6) is 0.00427. The number of aromatic nitrogens is 1. The fraction of sp³-hybridized carbons (Fsp3) is 0.600. The first-order valence-corrected chi connectivity index (χ1v) is 16.7. The van der Waals surface area contributed by atoms with Gasteiger partial charge in [0.1, 0.15) is 12.3 Å². The van der Waals surface area contributed by atoms with Crippen LogP contribution in [0.5, 0.6) is 5.88 Å². The lowest BCUT2D eigenvalue weighted by Crippen LogP contribution is -2.49. The Kier molecular flexibility index (Phi) is 11.3. The minimum Gasteiger partial charge on any atom is -0.475 e. The Morgan fingerprint density at radius 3 is 2.46 bits per heavy atom. The third-order valence-electron chi connectivity index (χ3n) is 9.04. The smallest absolute Gasteiger partial charge is 0.416 e. The van der Waals surface area contributed by atoms with Gasteiger partial charge in [0, 0.05) is 57.8 Å². The number of hydrogen-bond donors (Lipinski definition) is 1. The lowest BCUT2D eigenvalue weighted by atomic mass is 9.90. The average Bonchev–Trinajstić information content (AvgIpc) is 3.42. The number of rotatable bonds is 3. The molecule has 0 radical (unpaired) electrons. The number of benzene rings is 1. The number of halogens is 3. The van der Waals surface area contributed by atoms with E-state index in [-0.39, 0.29) is 61.0 Å². The highest BCUT2D eigenvalue weighted by Crippen LogP contribution is 2.31. The first-order chi connectivity index (χ1) is 22.7. The van der Waals surface area contributed by atoms with Crippen molar-refractivity contribution < 1.29 is 37.0 Å². The van der Waals surface area contributed by atoms with Crippen LogP contribution in [0, 0.1) is 11.3 Å². The van der Waals surface area contributed by atoms with Gasteiger partial charge in [-0.1, -0.05) is 45.0 Å². The summed E-state index contributed by atoms with van der Waals surface area (Å²) in [5, 5.41) is 2.98. The first-order valence-electron chi connectivity index (χ1n) is 16.7. The monoisotopic (exact) mass is 673 g/mol. The van der Waals surface area contributed by atoms with Crippen LogP contribution >= 0.6 is 0 Å². The van der Waals surface area contributed by atoms with Crippen LogP contribution in [0.2, 0.25) is 0 Å². The minimum atomic E-state index is -4.49. The molecule has 6 rings (SSSR count). The summed E-state index contributed by atoms with van der Waals surface area (Å²) < 4.78 is 52.0. The number of nitrogens with zero attached hydrogens (tertiary/aromatic N) is 4. The van der Waals surface area contributed by atoms with Crippen LogP contribution in [0.4, 0.5) is 13.2 Å². The molecular weight excluding hydrogens is 627 g/mol. The molecule has 10 nitrogen and oxygen atoms in total. The molecule has 2 fully saturated rings. The SMILES string of the molecule is CC(C)(C)CC(=O)N1CCOCCOc2cccc(n2)C(=O)N[C@@H]2C[C@@H](C(=O)N3CCC(CC3)C1)N(Cc1cccc(C(F)(F)F)c1)C2. The van der Waals surface area contributed by atoms with Crippen LogP contribution in [0.25, 0.3) is 0 Å². The van der Waals surface area contributed by atoms with Gasteiger partial charge in [0.05, 0.1) is 24.8 Å². The second-order valence-electron chi connectivity index (χ2n) is 14.2. The van der Waals surface area contributed by atoms with Gasteiger partial charge in [-0.05, 0) is 48.3 Å². The van der Waals surface area contributed by atoms with E-state index in [1.807, 2.05) is 35.5 Å². The largest absolute Gasteiger partial charge is 0.475 e. The van der Waals surface area contributed by atoms with Gasteiger partial charge in [0.25, 0.3) is 5.91 Å². The van der Waals surface area contributed by atoms with E-state index in [4.69, 9.17) is 9.47 Å². The summed E-state index contributed by atoms with van der Waals surface area (Å²) in [7, 11) is 0. The molecule has 13 heteroatoms. The van der Waals surface area contributed by atoms with Crippen molar-refractivity contribution in [3.63, 3.8) is 0 Å². The third kappa shape index (κ3) is 9.68. The van der Waals surface area contributed by atoms with E-state index >= 15 is 0 Å². The van der Waals surface area contributed by atoms with E-state index in [1.54, 1.807) is 24.3 Å². The predicted octanol–water partition coefficient (Wildman–Crippen LogP) is 4.39. The Hall–Kier alpha value is -3.71. The topological polar surface area (TPSA) is 104 Å². The van der Waals surface area contributed by atoms with Crippen LogP contribution in [0.1, 0.15) is 68.1 Å². The zero-order valence-electron chi connectivity index (χ0n) is 27.9. The lowest BCUT2D eigenvalue weighted by molar-refractivity contribution is -0.139. The van der Waals surface area contributed by atoms with Gasteiger partial charge in [-0.15, -0.1) is 0 Å². The number of carbonyl (C=O) groups is 3. The van der Waals surface area contributed by atoms with Gasteiger partial charge in [0.15, 0.2) is 0 Å². The maximum atomic E-state index is 14.0. The number of amides is 3. The van der Waals surface area contributed by atoms with Crippen LogP contribution in [-0.4, -0.2) is 102 Å². The number of piperidine rings is 1. The van der Waals surface area contributed by atoms with E-state index in [0.29, 0.717) is 51.2 Å². The number of nitrogens with one attached hydrogen (secondary N) is 1. The molecule has 1 aromatic heterocycles. The number of hydrogen-bond acceptors (Lipinski definition) is 7. The van der Waals surface area contributed by atoms with Crippen LogP contribution in [-0.2, 0) is 27.0 Å². The minimum absolute atomic E-state index is 0.0691. The molecule has 1 aromatic carbocycles. The van der Waals surface area contributed by atoms with E-state index in [1.165, 1.54) is 6.07 Å². The molecule has 0 spiro atoms. The molecule has 0 unspecified atom stereocenters. The molecule has 2 atom stereocenters. The lowest BCUT2D eigenvalue weighted by Gasteiger charge is -2.37. The summed E-state index contributed by atoms with van der Waals surface area (Å²) in [6.07, 6.45) is -2.32. The van der Waals surface area contributed by atoms with Gasteiger partial charge in [-0.3, -0.25) is 19.3 Å². The van der Waals surface area contributed by atoms with Crippen molar-refractivity contribution >= 4 is 17.7 Å². The fourth-order valence-corrected chi connectivity index (χ4v) is 6.62. The van der Waals surface area contributed by atoms with Crippen LogP contribution in [0.3, 0.4) is 0 Å². The Morgan fingerprint density at radius 2 is 1.73 bits per heavy atom. The van der Waals surface area contributed by atoms with E-state index < -0.39 is 29.7 Å². The van der Waals surface area contributed by atoms with Crippen molar-refractivity contribution in [2.75, 3.05) is 52.5 Å². The Morgan fingerprint density at radius 1 is 0.979 bits per heavy atom. The maximum Gasteiger partial charge on any atom is 0.416 e. The molecule has 6 bridgehead atoms. The van der Waals surface area contributed by atoms with E-state index in [9.17, 15) is 27.6 Å². The molecule has 0 saturated carbocycles. The summed E-state index contributed by atoms with van der Waals surface area (Å²) in [4.78, 5) is 50.5. The first kappa shape index (κ1) is 35.6. The summed E-state index contributed by atoms with van der Waals surface area (Å²) in [5.41, 5.74) is -0.331. The van der Waals surface area contributed by atoms with E-state index in [0.717, 1.165) is 25.0 Å². The summed E-state index contributed by atoms with van der Waals surface area (Å²) in [6.45, 7) is 9.40. The molecule has 3 amide bonds. The summed E-state index contributed by atoms with van der Waals surface area (Å²) >= 11 is 0. The fourth-order valence-electron chi connectivity index (χ4n) is 6.62. The van der Waals surface area contributed by atoms with Gasteiger partial charge in [-0.2, -0.15) is 13.2 Å². The zero-order valence-corrected chi connectivity index (χ0v) is 27.9. The number of ether oxygens (including phenoxy) is 2. The van der Waals surface area contributed by atoms with Crippen molar-refractivity contribution in [2.24, 2.45) is 11.3 Å². The highest BCUT2D eigenvalue weighted by Gasteiger charge is 2.41. The molecule has 4 aliphatic rings. The highest BCUT2D eigenvalue weighted by atomic mass is 19.4. The third-order valence-corrected chi connectivity index (χ3v) is 9.04. The Bertz CT molecular complexity index is 1440. The summed E-state index contributed by atoms with van der Waals surface area (Å²) in [6, 6.07) is 8.96. The molecule has 5 heterocycles. The van der Waals surface area contributed by atoms with Gasteiger partial charge in [-0.25, -0.2) is 4.98 Å². The van der Waals surface area contributed by atoms with E-state index in [2.05, 4.69) is 10.3 Å². The Balaban J connectivity index is 1.37. The average molecular weight is 674 g/mol. The number of fused-ring (bicyclic) bond motifs is 10. The van der Waals surface area contributed by atoms with Gasteiger partial charge in [0.2, 0.25) is 17.7 Å². The number of pyridine rings is 1. The maximum absolute atomic E-state index is 14.0. The van der Waals surface area contributed by atoms with Crippen molar-refractivity contribution in [1.29, 1.82) is 0 Å². The number of carbonyl (C=O) groups excluding carboxylic acids is 3. The number of alkyl halides is 3. The molecule has 262 valence electrons. The molecule has 4 aliphatic heterocycles. The second-order valence-corrected chi connectivity index (χ2v) is 14.2. The quantitative estimate of drug-likeness (QED) is 0.483. The standard InChI is InChI=1S/C35H46F3N5O5/c1-34(2,3)20-31(44)42-14-15-47-16-17-48-30-9-5-8-28(40-30)32(45)39-27-19-29(33(46)41-12-10-24(21-42)11-13-41)43(23-27)22-25-6-4-7-26(18-25)35(36,37)38/h4-9,18,24,27,29H,10-17,19-23H2,1-3H3,(H,39,45)/t27-,29+/m1/s1. The van der Waals surface area contributed by atoms with Crippen molar-refractivity contribution in [1.82, 2.24) is 25.0 Å². The predicted molar refractivity (Wildman–Crippen MR) is 172 cm³/mol. The van der Waals surface area contributed by atoms with Crippen molar-refractivity contribution in [3.8, 4) is 5.88 Å². The number of likely N-dealkylation sites (tertiary alicyclic amines) is 1. The zero-order chi connectivity index (χ0) is 34.5. The molecule has 0 aliphatic carbocycles. The van der Waals surface area contributed by atoms with Crippen molar-refractivity contribution in [2.45, 2.75) is 71.3 Å². The Labute approximate surface area is 279 Å². The molecule has 1 N–H and O–H groups in total.